The van der Waals surface area contributed by atoms with Crippen LogP contribution in [0, 0.1) is 5.92 Å². The van der Waals surface area contributed by atoms with E-state index in [4.69, 9.17) is 4.74 Å². The minimum atomic E-state index is 0.258. The van der Waals surface area contributed by atoms with Crippen molar-refractivity contribution in [1.29, 1.82) is 0 Å². The number of nitrogens with one attached hydrogen (secondary N) is 2. The molecule has 3 heterocycles. The summed E-state index contributed by atoms with van der Waals surface area (Å²) in [6, 6.07) is 3.95. The SMILES string of the molecule is COc1cc2[nH]ncc2cc1Nc1ncnc2sc3c(c12)CCC(CCO)C3. The van der Waals surface area contributed by atoms with Crippen molar-refractivity contribution in [2.75, 3.05) is 19.0 Å². The van der Waals surface area contributed by atoms with Gasteiger partial charge in [-0.15, -0.1) is 11.3 Å². The molecule has 1 atom stereocenters. The summed E-state index contributed by atoms with van der Waals surface area (Å²) in [6.45, 7) is 0.258. The van der Waals surface area contributed by atoms with Gasteiger partial charge in [0.15, 0.2) is 0 Å². The predicted molar refractivity (Wildman–Crippen MR) is 111 cm³/mol. The summed E-state index contributed by atoms with van der Waals surface area (Å²) >= 11 is 1.75. The molecule has 3 N–H and O–H groups in total. The number of nitrogens with zero attached hydrogens (tertiary/aromatic N) is 3. The average molecular weight is 395 g/mol. The molecule has 0 amide bonds. The lowest BCUT2D eigenvalue weighted by Gasteiger charge is -2.21. The summed E-state index contributed by atoms with van der Waals surface area (Å²) in [5.74, 6) is 2.10. The number of thiophene rings is 1. The van der Waals surface area contributed by atoms with E-state index in [0.717, 1.165) is 64.1 Å². The smallest absolute Gasteiger partial charge is 0.144 e. The van der Waals surface area contributed by atoms with Gasteiger partial charge in [0.1, 0.15) is 22.7 Å². The van der Waals surface area contributed by atoms with Gasteiger partial charge in [0.2, 0.25) is 0 Å². The van der Waals surface area contributed by atoms with Crippen LogP contribution in [-0.2, 0) is 12.8 Å². The fourth-order valence-electron chi connectivity index (χ4n) is 4.07. The number of aryl methyl sites for hydroxylation is 1. The number of methoxy groups -OCH3 is 1. The van der Waals surface area contributed by atoms with Crippen molar-refractivity contribution in [3.63, 3.8) is 0 Å². The summed E-state index contributed by atoms with van der Waals surface area (Å²) in [7, 11) is 1.66. The number of benzene rings is 1. The van der Waals surface area contributed by atoms with E-state index >= 15 is 0 Å². The van der Waals surface area contributed by atoms with Crippen molar-refractivity contribution < 1.29 is 9.84 Å². The van der Waals surface area contributed by atoms with Gasteiger partial charge in [-0.3, -0.25) is 5.10 Å². The number of fused-ring (bicyclic) bond motifs is 4. The zero-order chi connectivity index (χ0) is 19.1. The van der Waals surface area contributed by atoms with Crippen molar-refractivity contribution in [3.8, 4) is 5.75 Å². The molecule has 0 saturated heterocycles. The maximum absolute atomic E-state index is 9.28. The number of hydrogen-bond donors (Lipinski definition) is 3. The summed E-state index contributed by atoms with van der Waals surface area (Å²) < 4.78 is 5.57. The normalized spacial score (nSPS) is 16.4. The van der Waals surface area contributed by atoms with Gasteiger partial charge in [-0.2, -0.15) is 5.10 Å². The molecule has 144 valence electrons. The molecule has 0 saturated carbocycles. The lowest BCUT2D eigenvalue weighted by Crippen LogP contribution is -2.13. The molecule has 0 radical (unpaired) electrons. The van der Waals surface area contributed by atoms with Crippen LogP contribution in [0.4, 0.5) is 11.5 Å². The van der Waals surface area contributed by atoms with Crippen molar-refractivity contribution in [3.05, 3.63) is 35.1 Å². The second kappa shape index (κ2) is 7.03. The number of aromatic nitrogens is 4. The van der Waals surface area contributed by atoms with Crippen molar-refractivity contribution in [1.82, 2.24) is 20.2 Å². The largest absolute Gasteiger partial charge is 0.494 e. The Bertz CT molecular complexity index is 1150. The van der Waals surface area contributed by atoms with E-state index in [1.165, 1.54) is 10.4 Å². The van der Waals surface area contributed by atoms with Gasteiger partial charge in [-0.05, 0) is 43.2 Å². The van der Waals surface area contributed by atoms with Crippen LogP contribution < -0.4 is 10.1 Å². The molecule has 5 rings (SSSR count). The van der Waals surface area contributed by atoms with Crippen LogP contribution in [0.25, 0.3) is 21.1 Å². The monoisotopic (exact) mass is 395 g/mol. The predicted octanol–water partition coefficient (Wildman–Crippen LogP) is 3.81. The molecule has 3 aromatic heterocycles. The first-order valence-corrected chi connectivity index (χ1v) is 10.2. The van der Waals surface area contributed by atoms with Crippen LogP contribution in [-0.4, -0.2) is 39.0 Å². The molecular formula is C20H21N5O2S. The number of aliphatic hydroxyl groups excluding tert-OH is 1. The Morgan fingerprint density at radius 2 is 2.29 bits per heavy atom. The molecule has 4 aromatic rings. The van der Waals surface area contributed by atoms with Crippen LogP contribution >= 0.6 is 11.3 Å². The van der Waals surface area contributed by atoms with Gasteiger partial charge in [0.25, 0.3) is 0 Å². The summed E-state index contributed by atoms with van der Waals surface area (Å²) in [5, 5.41) is 21.9. The fraction of sp³-hybridized carbons (Fsp3) is 0.350. The molecule has 0 aliphatic heterocycles. The summed E-state index contributed by atoms with van der Waals surface area (Å²) in [4.78, 5) is 11.4. The molecule has 1 aliphatic rings. The second-order valence-electron chi connectivity index (χ2n) is 7.16. The summed E-state index contributed by atoms with van der Waals surface area (Å²) in [5.41, 5.74) is 3.13. The standard InChI is InChI=1S/C20H21N5O2S/c1-27-16-8-14-12(9-23-25-14)7-15(16)24-19-18-13-3-2-11(4-5-26)6-17(13)28-20(18)22-10-21-19/h7-11,26H,2-6H2,1H3,(H,23,25)(H,21,22,24). The zero-order valence-corrected chi connectivity index (χ0v) is 16.3. The van der Waals surface area contributed by atoms with Crippen LogP contribution in [0.3, 0.4) is 0 Å². The third-order valence-electron chi connectivity index (χ3n) is 5.50. The second-order valence-corrected chi connectivity index (χ2v) is 8.25. The van der Waals surface area contributed by atoms with Crippen LogP contribution in [0.1, 0.15) is 23.3 Å². The van der Waals surface area contributed by atoms with E-state index in [1.807, 2.05) is 12.1 Å². The fourth-order valence-corrected chi connectivity index (χ4v) is 5.37. The van der Waals surface area contributed by atoms with Crippen LogP contribution in [0.15, 0.2) is 24.7 Å². The van der Waals surface area contributed by atoms with Gasteiger partial charge in [-0.1, -0.05) is 0 Å². The van der Waals surface area contributed by atoms with E-state index in [-0.39, 0.29) is 6.61 Å². The van der Waals surface area contributed by atoms with Gasteiger partial charge in [0, 0.05) is 22.9 Å². The Morgan fingerprint density at radius 3 is 3.14 bits per heavy atom. The lowest BCUT2D eigenvalue weighted by atomic mass is 9.86. The average Bonchev–Trinajstić information content (AvgIpc) is 3.31. The van der Waals surface area contributed by atoms with Crippen molar-refractivity contribution in [2.45, 2.75) is 25.7 Å². The highest BCUT2D eigenvalue weighted by Crippen LogP contribution is 2.42. The van der Waals surface area contributed by atoms with E-state index in [2.05, 4.69) is 25.5 Å². The minimum absolute atomic E-state index is 0.258. The number of hydrogen-bond acceptors (Lipinski definition) is 7. The van der Waals surface area contributed by atoms with E-state index in [1.54, 1.807) is 31.0 Å². The first-order chi connectivity index (χ1) is 13.8. The molecule has 0 bridgehead atoms. The zero-order valence-electron chi connectivity index (χ0n) is 15.5. The molecule has 0 spiro atoms. The van der Waals surface area contributed by atoms with Crippen LogP contribution in [0.2, 0.25) is 0 Å². The highest BCUT2D eigenvalue weighted by atomic mass is 32.1. The van der Waals surface area contributed by atoms with Crippen molar-refractivity contribution in [2.24, 2.45) is 5.92 Å². The Hall–Kier alpha value is -2.71. The molecule has 1 aliphatic carbocycles. The van der Waals surface area contributed by atoms with E-state index < -0.39 is 0 Å². The third-order valence-corrected chi connectivity index (χ3v) is 6.66. The van der Waals surface area contributed by atoms with Gasteiger partial charge >= 0.3 is 0 Å². The number of aliphatic hydroxyl groups is 1. The van der Waals surface area contributed by atoms with Gasteiger partial charge in [0.05, 0.1) is 29.9 Å². The third kappa shape index (κ3) is 2.89. The first kappa shape index (κ1) is 17.4. The molecule has 7 nitrogen and oxygen atoms in total. The molecule has 28 heavy (non-hydrogen) atoms. The topological polar surface area (TPSA) is 96.0 Å². The first-order valence-electron chi connectivity index (χ1n) is 9.41. The maximum atomic E-state index is 9.28. The summed E-state index contributed by atoms with van der Waals surface area (Å²) in [6.07, 6.45) is 7.38. The minimum Gasteiger partial charge on any atom is -0.494 e. The number of aromatic amines is 1. The van der Waals surface area contributed by atoms with E-state index in [9.17, 15) is 5.11 Å². The molecular weight excluding hydrogens is 374 g/mol. The Morgan fingerprint density at radius 1 is 1.36 bits per heavy atom. The van der Waals surface area contributed by atoms with Crippen LogP contribution in [0.5, 0.6) is 5.75 Å². The van der Waals surface area contributed by atoms with Gasteiger partial charge in [-0.25, -0.2) is 9.97 Å². The number of anilines is 2. The highest BCUT2D eigenvalue weighted by Gasteiger charge is 2.25. The number of ether oxygens (including phenoxy) is 1. The molecule has 1 unspecified atom stereocenters. The molecule has 1 aromatic carbocycles. The lowest BCUT2D eigenvalue weighted by molar-refractivity contribution is 0.249. The van der Waals surface area contributed by atoms with Crippen molar-refractivity contribution >= 4 is 44.0 Å². The Balaban J connectivity index is 1.57. The highest BCUT2D eigenvalue weighted by molar-refractivity contribution is 7.19. The quantitative estimate of drug-likeness (QED) is 0.476. The molecule has 8 heteroatoms. The maximum Gasteiger partial charge on any atom is 0.144 e. The Kier molecular flexibility index (Phi) is 4.37. The number of H-pyrrole nitrogens is 1. The Labute approximate surface area is 165 Å². The van der Waals surface area contributed by atoms with E-state index in [0.29, 0.717) is 5.92 Å². The van der Waals surface area contributed by atoms with Gasteiger partial charge < -0.3 is 15.2 Å². The molecule has 0 fully saturated rings. The number of rotatable bonds is 5.